The van der Waals surface area contributed by atoms with Crippen molar-refractivity contribution in [1.29, 1.82) is 0 Å². The van der Waals surface area contributed by atoms with Gasteiger partial charge in [0.05, 0.1) is 6.04 Å². The number of nitrogens with zero attached hydrogens (tertiary/aromatic N) is 2. The van der Waals surface area contributed by atoms with Gasteiger partial charge in [0.1, 0.15) is 5.76 Å². The van der Waals surface area contributed by atoms with Crippen molar-refractivity contribution in [3.05, 3.63) is 22.6 Å². The largest absolute Gasteiger partial charge is 0.453 e. The summed E-state index contributed by atoms with van der Waals surface area (Å²) in [5.74, 6) is 0.964. The first-order chi connectivity index (χ1) is 9.15. The van der Waals surface area contributed by atoms with Gasteiger partial charge in [-0.1, -0.05) is 6.92 Å². The van der Waals surface area contributed by atoms with Crippen molar-refractivity contribution in [1.82, 2.24) is 9.80 Å². The number of hydrogen-bond donors (Lipinski definition) is 1. The molecule has 1 fully saturated rings. The molecule has 2 heterocycles. The fraction of sp³-hybridized carbons (Fsp3) is 0.714. The first-order valence-electron chi connectivity index (χ1n) is 7.09. The fourth-order valence-corrected chi connectivity index (χ4v) is 3.02. The zero-order valence-corrected chi connectivity index (χ0v) is 13.4. The minimum absolute atomic E-state index is 0.199. The molecule has 0 radical (unpaired) electrons. The van der Waals surface area contributed by atoms with Gasteiger partial charge in [0, 0.05) is 38.8 Å². The highest BCUT2D eigenvalue weighted by Crippen LogP contribution is 2.25. The molecular formula is C14H24BrN3O. The van der Waals surface area contributed by atoms with Crippen LogP contribution >= 0.6 is 15.9 Å². The van der Waals surface area contributed by atoms with E-state index in [2.05, 4.69) is 39.6 Å². The van der Waals surface area contributed by atoms with E-state index < -0.39 is 0 Å². The molecule has 1 aliphatic rings. The molecule has 0 saturated carbocycles. The van der Waals surface area contributed by atoms with E-state index in [9.17, 15) is 0 Å². The Hall–Kier alpha value is -0.360. The van der Waals surface area contributed by atoms with Crippen molar-refractivity contribution in [2.75, 3.05) is 32.7 Å². The van der Waals surface area contributed by atoms with Crippen molar-refractivity contribution in [3.8, 4) is 0 Å². The zero-order chi connectivity index (χ0) is 13.8. The predicted molar refractivity (Wildman–Crippen MR) is 81.1 cm³/mol. The van der Waals surface area contributed by atoms with E-state index >= 15 is 0 Å². The van der Waals surface area contributed by atoms with Crippen LogP contribution in [0, 0.1) is 0 Å². The second kappa shape index (κ2) is 6.88. The van der Waals surface area contributed by atoms with Gasteiger partial charge < -0.3 is 10.2 Å². The summed E-state index contributed by atoms with van der Waals surface area (Å²) in [6.45, 7) is 9.51. The fourth-order valence-electron chi connectivity index (χ4n) is 2.70. The van der Waals surface area contributed by atoms with Crippen LogP contribution in [0.3, 0.4) is 0 Å². The molecule has 4 nitrogen and oxygen atoms in total. The maximum atomic E-state index is 5.93. The highest BCUT2D eigenvalue weighted by atomic mass is 79.9. The quantitative estimate of drug-likeness (QED) is 0.901. The molecule has 0 spiro atoms. The van der Waals surface area contributed by atoms with Gasteiger partial charge in [0.25, 0.3) is 0 Å². The predicted octanol–water partition coefficient (Wildman–Crippen LogP) is 2.46. The Morgan fingerprint density at radius 1 is 1.26 bits per heavy atom. The molecule has 2 unspecified atom stereocenters. The molecule has 1 aromatic rings. The highest BCUT2D eigenvalue weighted by Gasteiger charge is 2.27. The number of rotatable bonds is 5. The van der Waals surface area contributed by atoms with Crippen LogP contribution in [-0.4, -0.2) is 48.6 Å². The second-order valence-corrected chi connectivity index (χ2v) is 6.00. The van der Waals surface area contributed by atoms with Crippen LogP contribution in [-0.2, 0) is 0 Å². The Morgan fingerprint density at radius 2 is 1.89 bits per heavy atom. The summed E-state index contributed by atoms with van der Waals surface area (Å²) in [5, 5.41) is 0. The molecule has 0 aromatic carbocycles. The van der Waals surface area contributed by atoms with Crippen molar-refractivity contribution < 1.29 is 4.42 Å². The summed E-state index contributed by atoms with van der Waals surface area (Å²) < 4.78 is 6.44. The average Bonchev–Trinajstić information content (AvgIpc) is 2.86. The smallest absolute Gasteiger partial charge is 0.169 e. The third kappa shape index (κ3) is 3.60. The molecule has 19 heavy (non-hydrogen) atoms. The van der Waals surface area contributed by atoms with Crippen LogP contribution < -0.4 is 5.73 Å². The molecular weight excluding hydrogens is 306 g/mol. The summed E-state index contributed by atoms with van der Waals surface area (Å²) in [6.07, 6.45) is 1.21. The average molecular weight is 330 g/mol. The molecule has 1 aliphatic heterocycles. The minimum atomic E-state index is 0.199. The molecule has 2 rings (SSSR count). The molecule has 108 valence electrons. The van der Waals surface area contributed by atoms with E-state index in [0.29, 0.717) is 12.6 Å². The molecule has 0 aliphatic carbocycles. The van der Waals surface area contributed by atoms with Crippen molar-refractivity contribution in [2.45, 2.75) is 32.4 Å². The number of piperazine rings is 1. The number of hydrogen-bond acceptors (Lipinski definition) is 4. The molecule has 2 N–H and O–H groups in total. The summed E-state index contributed by atoms with van der Waals surface area (Å²) in [6, 6.07) is 4.83. The maximum Gasteiger partial charge on any atom is 0.169 e. The minimum Gasteiger partial charge on any atom is -0.453 e. The van der Waals surface area contributed by atoms with Crippen LogP contribution in [0.5, 0.6) is 0 Å². The van der Waals surface area contributed by atoms with Crippen LogP contribution in [0.15, 0.2) is 21.2 Å². The Labute approximate surface area is 124 Å². The SMILES string of the molecule is CCC(C)N1CCN(C(CN)c2ccc(Br)o2)CC1. The van der Waals surface area contributed by atoms with E-state index in [1.54, 1.807) is 0 Å². The molecule has 0 amide bonds. The Balaban J connectivity index is 1.95. The molecule has 2 atom stereocenters. The summed E-state index contributed by atoms with van der Waals surface area (Å²) >= 11 is 3.36. The van der Waals surface area contributed by atoms with E-state index in [1.807, 2.05) is 12.1 Å². The van der Waals surface area contributed by atoms with Crippen molar-refractivity contribution in [3.63, 3.8) is 0 Å². The van der Waals surface area contributed by atoms with Gasteiger partial charge in [-0.05, 0) is 41.4 Å². The summed E-state index contributed by atoms with van der Waals surface area (Å²) in [4.78, 5) is 4.99. The summed E-state index contributed by atoms with van der Waals surface area (Å²) in [7, 11) is 0. The highest BCUT2D eigenvalue weighted by molar-refractivity contribution is 9.10. The Kier molecular flexibility index (Phi) is 5.45. The lowest BCUT2D eigenvalue weighted by Crippen LogP contribution is -2.51. The van der Waals surface area contributed by atoms with Crippen molar-refractivity contribution >= 4 is 15.9 Å². The monoisotopic (exact) mass is 329 g/mol. The van der Waals surface area contributed by atoms with E-state index in [1.165, 1.54) is 6.42 Å². The zero-order valence-electron chi connectivity index (χ0n) is 11.8. The van der Waals surface area contributed by atoms with E-state index in [-0.39, 0.29) is 6.04 Å². The molecule has 1 aromatic heterocycles. The topological polar surface area (TPSA) is 45.6 Å². The van der Waals surface area contributed by atoms with Gasteiger partial charge in [-0.2, -0.15) is 0 Å². The van der Waals surface area contributed by atoms with Gasteiger partial charge in [0.15, 0.2) is 4.67 Å². The van der Waals surface area contributed by atoms with Crippen molar-refractivity contribution in [2.24, 2.45) is 5.73 Å². The summed E-state index contributed by atoms with van der Waals surface area (Å²) in [5.41, 5.74) is 5.93. The first-order valence-corrected chi connectivity index (χ1v) is 7.88. The second-order valence-electron chi connectivity index (χ2n) is 5.22. The van der Waals surface area contributed by atoms with E-state index in [4.69, 9.17) is 10.2 Å². The number of furan rings is 1. The lowest BCUT2D eigenvalue weighted by Gasteiger charge is -2.40. The Bertz CT molecular complexity index is 388. The third-order valence-electron chi connectivity index (χ3n) is 4.15. The molecule has 5 heteroatoms. The van der Waals surface area contributed by atoms with Gasteiger partial charge in [0.2, 0.25) is 0 Å². The standard InChI is InChI=1S/C14H24BrN3O/c1-3-11(2)17-6-8-18(9-7-17)12(10-16)13-4-5-14(15)19-13/h4-5,11-12H,3,6-10,16H2,1-2H3. The van der Waals surface area contributed by atoms with Crippen LogP contribution in [0.25, 0.3) is 0 Å². The number of halogens is 1. The lowest BCUT2D eigenvalue weighted by molar-refractivity contribution is 0.0673. The first kappa shape index (κ1) is 15.0. The van der Waals surface area contributed by atoms with Gasteiger partial charge >= 0.3 is 0 Å². The Morgan fingerprint density at radius 3 is 2.37 bits per heavy atom. The van der Waals surface area contributed by atoms with Crippen LogP contribution in [0.4, 0.5) is 0 Å². The van der Waals surface area contributed by atoms with E-state index in [0.717, 1.165) is 36.6 Å². The van der Waals surface area contributed by atoms with Gasteiger partial charge in [-0.15, -0.1) is 0 Å². The molecule has 0 bridgehead atoms. The normalized spacial score (nSPS) is 21.5. The van der Waals surface area contributed by atoms with Gasteiger partial charge in [-0.25, -0.2) is 0 Å². The van der Waals surface area contributed by atoms with Crippen LogP contribution in [0.1, 0.15) is 32.1 Å². The molecule has 1 saturated heterocycles. The van der Waals surface area contributed by atoms with Crippen LogP contribution in [0.2, 0.25) is 0 Å². The third-order valence-corrected chi connectivity index (χ3v) is 4.58. The maximum absolute atomic E-state index is 5.93. The lowest BCUT2D eigenvalue weighted by atomic mass is 10.1. The number of nitrogens with two attached hydrogens (primary N) is 1. The van der Waals surface area contributed by atoms with Gasteiger partial charge in [-0.3, -0.25) is 9.80 Å².